The number of hydrogen-bond acceptors (Lipinski definition) is 5. The lowest BCUT2D eigenvalue weighted by molar-refractivity contribution is -0.124. The van der Waals surface area contributed by atoms with E-state index in [0.29, 0.717) is 30.2 Å². The van der Waals surface area contributed by atoms with Crippen molar-refractivity contribution in [3.8, 4) is 0 Å². The molecule has 2 saturated heterocycles. The Bertz CT molecular complexity index is 729. The van der Waals surface area contributed by atoms with E-state index in [1.165, 1.54) is 0 Å². The van der Waals surface area contributed by atoms with E-state index in [-0.39, 0.29) is 17.4 Å². The zero-order valence-electron chi connectivity index (χ0n) is 18.6. The summed E-state index contributed by atoms with van der Waals surface area (Å²) in [6.07, 6.45) is 4.08. The van der Waals surface area contributed by atoms with Crippen molar-refractivity contribution in [2.75, 3.05) is 44.7 Å². The largest absolute Gasteiger partial charge is 0.354 e. The minimum absolute atomic E-state index is 0.00944. The summed E-state index contributed by atoms with van der Waals surface area (Å²) >= 11 is 0. The SMILES string of the molecule is CC(C)CC(=O)[C@H]1CCCN(C(=O)c2ccc(N3CCN(C)C(C)(C)C3)nc2)C1. The molecule has 6 heteroatoms. The Labute approximate surface area is 175 Å². The number of ketones is 1. The van der Waals surface area contributed by atoms with Gasteiger partial charge >= 0.3 is 0 Å². The summed E-state index contributed by atoms with van der Waals surface area (Å²) in [5, 5.41) is 0. The Hall–Kier alpha value is -1.95. The first-order valence-corrected chi connectivity index (χ1v) is 10.9. The van der Waals surface area contributed by atoms with Crippen LogP contribution in [0.5, 0.6) is 0 Å². The van der Waals surface area contributed by atoms with Crippen LogP contribution < -0.4 is 4.90 Å². The number of rotatable bonds is 5. The first kappa shape index (κ1) is 21.8. The second-order valence-electron chi connectivity index (χ2n) is 9.72. The molecule has 0 aliphatic carbocycles. The highest BCUT2D eigenvalue weighted by molar-refractivity contribution is 5.94. The molecule has 160 valence electrons. The quantitative estimate of drug-likeness (QED) is 0.760. The van der Waals surface area contributed by atoms with Gasteiger partial charge in [-0.15, -0.1) is 0 Å². The van der Waals surface area contributed by atoms with Crippen molar-refractivity contribution in [1.29, 1.82) is 0 Å². The van der Waals surface area contributed by atoms with Gasteiger partial charge < -0.3 is 9.80 Å². The van der Waals surface area contributed by atoms with Crippen LogP contribution in [0.15, 0.2) is 18.3 Å². The van der Waals surface area contributed by atoms with Crippen molar-refractivity contribution in [2.24, 2.45) is 11.8 Å². The van der Waals surface area contributed by atoms with Gasteiger partial charge in [-0.05, 0) is 51.8 Å². The molecule has 0 bridgehead atoms. The molecule has 1 atom stereocenters. The molecular formula is C23H36N4O2. The normalized spacial score (nSPS) is 22.8. The van der Waals surface area contributed by atoms with Crippen LogP contribution >= 0.6 is 0 Å². The van der Waals surface area contributed by atoms with Gasteiger partial charge in [-0.1, -0.05) is 13.8 Å². The summed E-state index contributed by atoms with van der Waals surface area (Å²) < 4.78 is 0. The summed E-state index contributed by atoms with van der Waals surface area (Å²) in [5.41, 5.74) is 0.707. The predicted molar refractivity (Wildman–Crippen MR) is 116 cm³/mol. The number of piperidine rings is 1. The van der Waals surface area contributed by atoms with Crippen molar-refractivity contribution in [3.63, 3.8) is 0 Å². The summed E-state index contributed by atoms with van der Waals surface area (Å²) in [7, 11) is 2.16. The number of piperazine rings is 1. The van der Waals surface area contributed by atoms with Gasteiger partial charge in [0, 0.05) is 56.8 Å². The molecule has 0 spiro atoms. The number of likely N-dealkylation sites (tertiary alicyclic amines) is 1. The zero-order valence-corrected chi connectivity index (χ0v) is 18.6. The highest BCUT2D eigenvalue weighted by Crippen LogP contribution is 2.25. The summed E-state index contributed by atoms with van der Waals surface area (Å²) in [5.74, 6) is 1.56. The number of nitrogens with zero attached hydrogens (tertiary/aromatic N) is 4. The van der Waals surface area contributed by atoms with E-state index < -0.39 is 0 Å². The molecule has 6 nitrogen and oxygen atoms in total. The van der Waals surface area contributed by atoms with E-state index in [4.69, 9.17) is 0 Å². The molecule has 0 unspecified atom stereocenters. The fourth-order valence-corrected chi connectivity index (χ4v) is 4.31. The van der Waals surface area contributed by atoms with Crippen molar-refractivity contribution in [1.82, 2.24) is 14.8 Å². The Balaban J connectivity index is 1.63. The molecule has 0 radical (unpaired) electrons. The molecule has 0 aromatic carbocycles. The van der Waals surface area contributed by atoms with E-state index in [0.717, 1.165) is 44.8 Å². The van der Waals surface area contributed by atoms with Crippen molar-refractivity contribution >= 4 is 17.5 Å². The number of pyridine rings is 1. The number of carbonyl (C=O) groups excluding carboxylic acids is 2. The first-order valence-electron chi connectivity index (χ1n) is 10.9. The molecule has 2 aliphatic heterocycles. The summed E-state index contributed by atoms with van der Waals surface area (Å²) in [6, 6.07) is 3.84. The van der Waals surface area contributed by atoms with Crippen LogP contribution in [-0.4, -0.2) is 71.8 Å². The average molecular weight is 401 g/mol. The second kappa shape index (κ2) is 8.82. The van der Waals surface area contributed by atoms with Crippen LogP contribution in [0.3, 0.4) is 0 Å². The maximum absolute atomic E-state index is 13.0. The molecule has 1 aromatic rings. The molecular weight excluding hydrogens is 364 g/mol. The topological polar surface area (TPSA) is 56.8 Å². The van der Waals surface area contributed by atoms with Gasteiger partial charge in [0.2, 0.25) is 0 Å². The smallest absolute Gasteiger partial charge is 0.255 e. The molecule has 3 rings (SSSR count). The number of Topliss-reactive ketones (excluding diaryl/α,β-unsaturated/α-hetero) is 1. The Morgan fingerprint density at radius 2 is 1.97 bits per heavy atom. The van der Waals surface area contributed by atoms with Crippen LogP contribution in [0.25, 0.3) is 0 Å². The van der Waals surface area contributed by atoms with Gasteiger partial charge in [0.1, 0.15) is 11.6 Å². The summed E-state index contributed by atoms with van der Waals surface area (Å²) in [4.78, 5) is 36.5. The molecule has 0 saturated carbocycles. The number of aromatic nitrogens is 1. The molecule has 1 aromatic heterocycles. The molecule has 0 N–H and O–H groups in total. The maximum atomic E-state index is 13.0. The minimum Gasteiger partial charge on any atom is -0.354 e. The number of carbonyl (C=O) groups is 2. The third-order valence-corrected chi connectivity index (χ3v) is 6.41. The average Bonchev–Trinajstić information content (AvgIpc) is 2.69. The fraction of sp³-hybridized carbons (Fsp3) is 0.696. The lowest BCUT2D eigenvalue weighted by Gasteiger charge is -2.45. The van der Waals surface area contributed by atoms with Gasteiger partial charge in [0.05, 0.1) is 5.56 Å². The van der Waals surface area contributed by atoms with Crippen LogP contribution in [0.4, 0.5) is 5.82 Å². The van der Waals surface area contributed by atoms with E-state index in [1.54, 1.807) is 6.20 Å². The monoisotopic (exact) mass is 400 g/mol. The Kier molecular flexibility index (Phi) is 6.62. The molecule has 3 heterocycles. The predicted octanol–water partition coefficient (Wildman–Crippen LogP) is 3.08. The molecule has 2 fully saturated rings. The lowest BCUT2D eigenvalue weighted by Crippen LogP contribution is -2.57. The minimum atomic E-state index is -0.0186. The summed E-state index contributed by atoms with van der Waals surface area (Å²) in [6.45, 7) is 12.7. The van der Waals surface area contributed by atoms with Crippen LogP contribution in [0, 0.1) is 11.8 Å². The third-order valence-electron chi connectivity index (χ3n) is 6.41. The van der Waals surface area contributed by atoms with Crippen molar-refractivity contribution < 1.29 is 9.59 Å². The first-order chi connectivity index (χ1) is 13.7. The molecule has 1 amide bonds. The van der Waals surface area contributed by atoms with Gasteiger partial charge in [-0.3, -0.25) is 14.5 Å². The number of anilines is 1. The van der Waals surface area contributed by atoms with Gasteiger partial charge in [0.25, 0.3) is 5.91 Å². The van der Waals surface area contributed by atoms with Crippen LogP contribution in [0.1, 0.15) is 57.3 Å². The van der Waals surface area contributed by atoms with Crippen LogP contribution in [-0.2, 0) is 4.79 Å². The lowest BCUT2D eigenvalue weighted by atomic mass is 9.89. The third kappa shape index (κ3) is 5.16. The number of likely N-dealkylation sites (N-methyl/N-ethyl adjacent to an activating group) is 1. The van der Waals surface area contributed by atoms with E-state index in [2.05, 4.69) is 49.5 Å². The standard InChI is InChI=1S/C23H36N4O2/c1-17(2)13-20(28)19-7-6-10-26(15-19)22(29)18-8-9-21(24-14-18)27-12-11-25(5)23(3,4)16-27/h8-9,14,17,19H,6-7,10-13,15-16H2,1-5H3/t19-/m0/s1. The van der Waals surface area contributed by atoms with Gasteiger partial charge in [0.15, 0.2) is 0 Å². The van der Waals surface area contributed by atoms with Crippen LogP contribution in [0.2, 0.25) is 0 Å². The highest BCUT2D eigenvalue weighted by Gasteiger charge is 2.32. The fourth-order valence-electron chi connectivity index (χ4n) is 4.31. The van der Waals surface area contributed by atoms with E-state index >= 15 is 0 Å². The van der Waals surface area contributed by atoms with Crippen molar-refractivity contribution in [2.45, 2.75) is 52.5 Å². The Morgan fingerprint density at radius 3 is 2.59 bits per heavy atom. The second-order valence-corrected chi connectivity index (χ2v) is 9.72. The number of amides is 1. The van der Waals surface area contributed by atoms with Gasteiger partial charge in [-0.2, -0.15) is 0 Å². The number of hydrogen-bond donors (Lipinski definition) is 0. The molecule has 2 aliphatic rings. The Morgan fingerprint density at radius 1 is 1.21 bits per heavy atom. The highest BCUT2D eigenvalue weighted by atomic mass is 16.2. The maximum Gasteiger partial charge on any atom is 0.255 e. The van der Waals surface area contributed by atoms with E-state index in [9.17, 15) is 9.59 Å². The zero-order chi connectivity index (χ0) is 21.2. The van der Waals surface area contributed by atoms with Gasteiger partial charge in [-0.25, -0.2) is 4.98 Å². The van der Waals surface area contributed by atoms with Crippen molar-refractivity contribution in [3.05, 3.63) is 23.9 Å². The molecule has 29 heavy (non-hydrogen) atoms. The van der Waals surface area contributed by atoms with E-state index in [1.807, 2.05) is 17.0 Å².